The van der Waals surface area contributed by atoms with Crippen molar-refractivity contribution in [1.29, 1.82) is 0 Å². The zero-order valence-electron chi connectivity index (χ0n) is 12.7. The van der Waals surface area contributed by atoms with E-state index >= 15 is 0 Å². The summed E-state index contributed by atoms with van der Waals surface area (Å²) in [5, 5.41) is 3.97. The fraction of sp³-hybridized carbons (Fsp3) is 0.562. The molecule has 0 aromatic heterocycles. The monoisotopic (exact) mass is 311 g/mol. The number of rotatable bonds is 6. The second-order valence-electron chi connectivity index (χ2n) is 5.74. The minimum absolute atomic E-state index is 0.233. The fourth-order valence-corrected chi connectivity index (χ4v) is 2.85. The van der Waals surface area contributed by atoms with Crippen molar-refractivity contribution < 1.29 is 14.3 Å². The van der Waals surface area contributed by atoms with Gasteiger partial charge in [0.2, 0.25) is 0 Å². The van der Waals surface area contributed by atoms with Crippen LogP contribution in [0, 0.1) is 5.92 Å². The molecule has 0 fully saturated rings. The van der Waals surface area contributed by atoms with E-state index in [1.807, 2.05) is 12.1 Å². The first kappa shape index (κ1) is 16.1. The molecule has 116 valence electrons. The van der Waals surface area contributed by atoms with E-state index in [1.165, 1.54) is 7.11 Å². The third-order valence-electron chi connectivity index (χ3n) is 3.56. The van der Waals surface area contributed by atoms with E-state index in [2.05, 4.69) is 19.2 Å². The molecule has 0 bridgehead atoms. The molecule has 5 heteroatoms. The highest BCUT2D eigenvalue weighted by atomic mass is 35.5. The van der Waals surface area contributed by atoms with Crippen LogP contribution >= 0.6 is 11.6 Å². The van der Waals surface area contributed by atoms with Crippen molar-refractivity contribution in [2.24, 2.45) is 5.92 Å². The van der Waals surface area contributed by atoms with Gasteiger partial charge in [0.1, 0.15) is 11.8 Å². The van der Waals surface area contributed by atoms with Crippen LogP contribution in [-0.2, 0) is 22.5 Å². The summed E-state index contributed by atoms with van der Waals surface area (Å²) in [5.41, 5.74) is 2.13. The number of hydrogen-bond acceptors (Lipinski definition) is 4. The third-order valence-corrected chi connectivity index (χ3v) is 3.78. The normalized spacial score (nSPS) is 14.7. The van der Waals surface area contributed by atoms with E-state index in [0.29, 0.717) is 24.1 Å². The van der Waals surface area contributed by atoms with Gasteiger partial charge in [-0.2, -0.15) is 0 Å². The molecule has 0 aliphatic carbocycles. The molecule has 0 amide bonds. The van der Waals surface area contributed by atoms with Crippen molar-refractivity contribution in [3.05, 3.63) is 28.3 Å². The molecule has 1 unspecified atom stereocenters. The summed E-state index contributed by atoms with van der Waals surface area (Å²) < 4.78 is 10.5. The summed E-state index contributed by atoms with van der Waals surface area (Å²) in [7, 11) is 1.41. The van der Waals surface area contributed by atoms with Crippen LogP contribution < -0.4 is 10.1 Å². The van der Waals surface area contributed by atoms with Gasteiger partial charge in [-0.3, -0.25) is 4.79 Å². The van der Waals surface area contributed by atoms with Gasteiger partial charge in [-0.1, -0.05) is 25.4 Å². The summed E-state index contributed by atoms with van der Waals surface area (Å²) in [6, 6.07) is 3.52. The molecule has 4 nitrogen and oxygen atoms in total. The molecule has 21 heavy (non-hydrogen) atoms. The number of carbonyl (C=O) groups excluding carboxylic acids is 1. The lowest BCUT2D eigenvalue weighted by Gasteiger charge is -2.19. The van der Waals surface area contributed by atoms with E-state index in [9.17, 15) is 4.79 Å². The Kier molecular flexibility index (Phi) is 5.48. The molecule has 1 aromatic rings. The highest BCUT2D eigenvalue weighted by molar-refractivity contribution is 6.30. The first-order valence-corrected chi connectivity index (χ1v) is 7.64. The van der Waals surface area contributed by atoms with Crippen molar-refractivity contribution >= 4 is 17.6 Å². The van der Waals surface area contributed by atoms with Gasteiger partial charge in [-0.05, 0) is 30.0 Å². The number of halogens is 1. The smallest absolute Gasteiger partial charge is 0.322 e. The molecule has 0 saturated carbocycles. The molecule has 0 radical (unpaired) electrons. The number of hydrogen-bond donors (Lipinski definition) is 1. The molecular weight excluding hydrogens is 290 g/mol. The summed E-state index contributed by atoms with van der Waals surface area (Å²) in [6.07, 6.45) is 1.62. The molecule has 0 spiro atoms. The second kappa shape index (κ2) is 7.14. The van der Waals surface area contributed by atoms with Gasteiger partial charge < -0.3 is 14.8 Å². The maximum atomic E-state index is 11.8. The molecule has 2 rings (SSSR count). The summed E-state index contributed by atoms with van der Waals surface area (Å²) in [6.45, 7) is 5.39. The topological polar surface area (TPSA) is 47.6 Å². The van der Waals surface area contributed by atoms with Crippen molar-refractivity contribution in [2.75, 3.05) is 13.7 Å². The molecule has 1 N–H and O–H groups in total. The Morgan fingerprint density at radius 3 is 2.90 bits per heavy atom. The molecule has 1 aliphatic heterocycles. The van der Waals surface area contributed by atoms with E-state index in [-0.39, 0.29) is 12.0 Å². The van der Waals surface area contributed by atoms with Crippen LogP contribution in [0.3, 0.4) is 0 Å². The Morgan fingerprint density at radius 1 is 1.48 bits per heavy atom. The third kappa shape index (κ3) is 4.11. The van der Waals surface area contributed by atoms with E-state index in [4.69, 9.17) is 21.1 Å². The maximum Gasteiger partial charge on any atom is 0.322 e. The predicted molar refractivity (Wildman–Crippen MR) is 82.7 cm³/mol. The number of methoxy groups -OCH3 is 1. The van der Waals surface area contributed by atoms with Gasteiger partial charge in [0.25, 0.3) is 0 Å². The quantitative estimate of drug-likeness (QED) is 0.821. The minimum Gasteiger partial charge on any atom is -0.493 e. The number of ether oxygens (including phenoxy) is 2. The van der Waals surface area contributed by atoms with Crippen molar-refractivity contribution in [3.63, 3.8) is 0 Å². The number of carbonyl (C=O) groups is 1. The van der Waals surface area contributed by atoms with E-state index in [0.717, 1.165) is 29.7 Å². The van der Waals surface area contributed by atoms with E-state index in [1.54, 1.807) is 0 Å². The Bertz CT molecular complexity index is 516. The van der Waals surface area contributed by atoms with E-state index < -0.39 is 0 Å². The average molecular weight is 312 g/mol. The highest BCUT2D eigenvalue weighted by Gasteiger charge is 2.22. The summed E-state index contributed by atoms with van der Waals surface area (Å²) >= 11 is 6.14. The molecule has 1 atom stereocenters. The number of esters is 1. The van der Waals surface area contributed by atoms with Gasteiger partial charge in [-0.25, -0.2) is 0 Å². The van der Waals surface area contributed by atoms with Gasteiger partial charge in [0, 0.05) is 23.6 Å². The molecule has 1 heterocycles. The van der Waals surface area contributed by atoms with Crippen LogP contribution in [0.2, 0.25) is 5.02 Å². The van der Waals surface area contributed by atoms with Gasteiger partial charge in [-0.15, -0.1) is 0 Å². The fourth-order valence-electron chi connectivity index (χ4n) is 2.59. The number of fused-ring (bicyclic) bond motifs is 1. The average Bonchev–Trinajstić information content (AvgIpc) is 2.89. The Labute approximate surface area is 130 Å². The number of benzene rings is 1. The van der Waals surface area contributed by atoms with Gasteiger partial charge >= 0.3 is 5.97 Å². The molecule has 0 saturated heterocycles. The SMILES string of the molecule is COC(=O)C(CC(C)C)NCc1cc(Cl)cc2c1OCC2. The zero-order chi connectivity index (χ0) is 15.4. The summed E-state index contributed by atoms with van der Waals surface area (Å²) in [5.74, 6) is 1.08. The second-order valence-corrected chi connectivity index (χ2v) is 6.17. The lowest BCUT2D eigenvalue weighted by atomic mass is 10.0. The van der Waals surface area contributed by atoms with Crippen LogP contribution in [0.1, 0.15) is 31.4 Å². The van der Waals surface area contributed by atoms with Crippen LogP contribution in [0.5, 0.6) is 5.75 Å². The predicted octanol–water partition coefficient (Wildman–Crippen LogP) is 2.95. The van der Waals surface area contributed by atoms with Crippen LogP contribution in [0.15, 0.2) is 12.1 Å². The Balaban J connectivity index is 2.09. The minimum atomic E-state index is -0.314. The van der Waals surface area contributed by atoms with Crippen molar-refractivity contribution in [2.45, 2.75) is 39.3 Å². The standard InChI is InChI=1S/C16H22ClNO3/c1-10(2)6-14(16(19)20-3)18-9-12-8-13(17)7-11-4-5-21-15(11)12/h7-8,10,14,18H,4-6,9H2,1-3H3. The molecule has 1 aromatic carbocycles. The van der Waals surface area contributed by atoms with Crippen molar-refractivity contribution in [1.82, 2.24) is 5.32 Å². The van der Waals surface area contributed by atoms with Crippen molar-refractivity contribution in [3.8, 4) is 5.75 Å². The lowest BCUT2D eigenvalue weighted by molar-refractivity contribution is -0.143. The van der Waals surface area contributed by atoms with Crippen LogP contribution in [-0.4, -0.2) is 25.7 Å². The van der Waals surface area contributed by atoms with Crippen LogP contribution in [0.4, 0.5) is 0 Å². The highest BCUT2D eigenvalue weighted by Crippen LogP contribution is 2.32. The number of nitrogens with one attached hydrogen (secondary N) is 1. The van der Waals surface area contributed by atoms with Crippen LogP contribution in [0.25, 0.3) is 0 Å². The van der Waals surface area contributed by atoms with Gasteiger partial charge in [0.05, 0.1) is 13.7 Å². The molecular formula is C16H22ClNO3. The first-order chi connectivity index (χ1) is 10.0. The summed E-state index contributed by atoms with van der Waals surface area (Å²) in [4.78, 5) is 11.8. The lowest BCUT2D eigenvalue weighted by Crippen LogP contribution is -2.38. The Hall–Kier alpha value is -1.26. The molecule has 1 aliphatic rings. The Morgan fingerprint density at radius 2 is 2.24 bits per heavy atom. The maximum absolute atomic E-state index is 11.8. The van der Waals surface area contributed by atoms with Gasteiger partial charge in [0.15, 0.2) is 0 Å². The largest absolute Gasteiger partial charge is 0.493 e. The zero-order valence-corrected chi connectivity index (χ0v) is 13.5. The first-order valence-electron chi connectivity index (χ1n) is 7.26.